The Labute approximate surface area is 164 Å². The molecule has 2 heterocycles. The SMILES string of the molecule is C[N+]1(C)C2CCCC1CC(CC(C#N)(c1ccccc1)c1ccccc1)C2. The lowest BCUT2D eigenvalue weighted by molar-refractivity contribution is -0.950. The highest BCUT2D eigenvalue weighted by atomic mass is 15.4. The van der Waals surface area contributed by atoms with Gasteiger partial charge in [-0.25, -0.2) is 0 Å². The minimum absolute atomic E-state index is 0.546. The molecule has 2 aliphatic rings. The van der Waals surface area contributed by atoms with Crippen LogP contribution in [0.3, 0.4) is 0 Å². The van der Waals surface area contributed by atoms with Crippen LogP contribution in [0.1, 0.15) is 49.7 Å². The molecule has 2 atom stereocenters. The van der Waals surface area contributed by atoms with Crippen LogP contribution in [0.25, 0.3) is 0 Å². The van der Waals surface area contributed by atoms with Crippen molar-refractivity contribution in [2.45, 2.75) is 56.0 Å². The summed E-state index contributed by atoms with van der Waals surface area (Å²) >= 11 is 0. The van der Waals surface area contributed by atoms with Gasteiger partial charge in [0.05, 0.1) is 32.2 Å². The number of nitriles is 1. The molecule has 2 heteroatoms. The molecule has 0 N–H and O–H groups in total. The van der Waals surface area contributed by atoms with E-state index in [1.54, 1.807) is 0 Å². The van der Waals surface area contributed by atoms with Gasteiger partial charge in [0, 0.05) is 12.8 Å². The van der Waals surface area contributed by atoms with Crippen LogP contribution >= 0.6 is 0 Å². The Morgan fingerprint density at radius 1 is 0.889 bits per heavy atom. The summed E-state index contributed by atoms with van der Waals surface area (Å²) in [6.45, 7) is 0. The molecule has 140 valence electrons. The topological polar surface area (TPSA) is 23.8 Å². The van der Waals surface area contributed by atoms with Crippen molar-refractivity contribution in [3.8, 4) is 6.07 Å². The van der Waals surface area contributed by atoms with Crippen molar-refractivity contribution in [2.24, 2.45) is 5.92 Å². The lowest BCUT2D eigenvalue weighted by Gasteiger charge is -2.54. The minimum atomic E-state index is -0.546. The van der Waals surface area contributed by atoms with Gasteiger partial charge in [0.25, 0.3) is 0 Å². The number of fused-ring (bicyclic) bond motifs is 2. The van der Waals surface area contributed by atoms with E-state index in [1.807, 2.05) is 12.1 Å². The van der Waals surface area contributed by atoms with Crippen molar-refractivity contribution < 1.29 is 4.48 Å². The Morgan fingerprint density at radius 3 is 1.81 bits per heavy atom. The molecule has 2 nitrogen and oxygen atoms in total. The van der Waals surface area contributed by atoms with Crippen LogP contribution in [0.4, 0.5) is 0 Å². The van der Waals surface area contributed by atoms with Gasteiger partial charge in [-0.3, -0.25) is 0 Å². The fraction of sp³-hybridized carbons (Fsp3) is 0.480. The molecule has 0 radical (unpaired) electrons. The van der Waals surface area contributed by atoms with Gasteiger partial charge in [-0.2, -0.15) is 5.26 Å². The molecule has 27 heavy (non-hydrogen) atoms. The van der Waals surface area contributed by atoms with Crippen molar-refractivity contribution in [2.75, 3.05) is 14.1 Å². The Balaban J connectivity index is 1.70. The second-order valence-electron chi connectivity index (χ2n) is 9.16. The molecule has 2 fully saturated rings. The summed E-state index contributed by atoms with van der Waals surface area (Å²) in [5, 5.41) is 10.5. The molecular weight excluding hydrogens is 328 g/mol. The van der Waals surface area contributed by atoms with Gasteiger partial charge >= 0.3 is 0 Å². The summed E-state index contributed by atoms with van der Waals surface area (Å²) in [4.78, 5) is 0. The first-order chi connectivity index (χ1) is 13.1. The number of hydrogen-bond acceptors (Lipinski definition) is 1. The zero-order valence-electron chi connectivity index (χ0n) is 16.6. The third-order valence-electron chi connectivity index (χ3n) is 7.49. The third kappa shape index (κ3) is 3.19. The van der Waals surface area contributed by atoms with Gasteiger partial charge in [-0.05, 0) is 42.7 Å². The van der Waals surface area contributed by atoms with Crippen molar-refractivity contribution >= 4 is 0 Å². The fourth-order valence-corrected chi connectivity index (χ4v) is 5.82. The average molecular weight is 360 g/mol. The van der Waals surface area contributed by atoms with E-state index in [4.69, 9.17) is 0 Å². The number of rotatable bonds is 4. The highest BCUT2D eigenvalue weighted by molar-refractivity contribution is 5.45. The lowest BCUT2D eigenvalue weighted by atomic mass is 9.65. The molecular formula is C25H31N2+. The first-order valence-corrected chi connectivity index (χ1v) is 10.4. The van der Waals surface area contributed by atoms with E-state index in [0.29, 0.717) is 5.92 Å². The monoisotopic (exact) mass is 359 g/mol. The summed E-state index contributed by atoms with van der Waals surface area (Å²) in [6, 6.07) is 25.2. The number of hydrogen-bond donors (Lipinski definition) is 0. The maximum absolute atomic E-state index is 10.5. The predicted molar refractivity (Wildman–Crippen MR) is 110 cm³/mol. The maximum Gasteiger partial charge on any atom is 0.107 e. The molecule has 2 saturated heterocycles. The number of benzene rings is 2. The normalized spacial score (nSPS) is 26.9. The molecule has 0 aromatic heterocycles. The molecule has 2 aromatic rings. The van der Waals surface area contributed by atoms with Crippen LogP contribution in [0.5, 0.6) is 0 Å². The molecule has 0 spiro atoms. The van der Waals surface area contributed by atoms with Crippen LogP contribution in [-0.4, -0.2) is 30.7 Å². The highest BCUT2D eigenvalue weighted by Gasteiger charge is 2.48. The van der Waals surface area contributed by atoms with Crippen LogP contribution in [-0.2, 0) is 5.41 Å². The standard InChI is InChI=1S/C25H31N2/c1-27(2)23-14-9-15-24(27)17-20(16-23)18-25(19-26,21-10-5-3-6-11-21)22-12-7-4-8-13-22/h3-8,10-13,20,23-24H,9,14-18H2,1-2H3/q+1. The second-order valence-corrected chi connectivity index (χ2v) is 9.16. The maximum atomic E-state index is 10.5. The van der Waals surface area contributed by atoms with Gasteiger partial charge in [0.1, 0.15) is 5.41 Å². The van der Waals surface area contributed by atoms with Gasteiger partial charge in [-0.15, -0.1) is 0 Å². The lowest BCUT2D eigenvalue weighted by Crippen LogP contribution is -2.62. The van der Waals surface area contributed by atoms with E-state index in [0.717, 1.165) is 29.6 Å². The molecule has 2 aliphatic heterocycles. The molecule has 4 rings (SSSR count). The van der Waals surface area contributed by atoms with Gasteiger partial charge in [-0.1, -0.05) is 60.7 Å². The Morgan fingerprint density at radius 2 is 1.37 bits per heavy atom. The molecule has 0 amide bonds. The van der Waals surface area contributed by atoms with Crippen LogP contribution in [0.2, 0.25) is 0 Å². The molecule has 0 aliphatic carbocycles. The van der Waals surface area contributed by atoms with E-state index in [1.165, 1.54) is 36.6 Å². The van der Waals surface area contributed by atoms with E-state index >= 15 is 0 Å². The summed E-state index contributed by atoms with van der Waals surface area (Å²) < 4.78 is 1.19. The quantitative estimate of drug-likeness (QED) is 0.680. The number of piperidine rings is 2. The highest BCUT2D eigenvalue weighted by Crippen LogP contribution is 2.46. The van der Waals surface area contributed by atoms with Crippen LogP contribution in [0, 0.1) is 17.2 Å². The Kier molecular flexibility index (Phi) is 4.82. The van der Waals surface area contributed by atoms with E-state index in [2.05, 4.69) is 68.7 Å². The van der Waals surface area contributed by atoms with Crippen molar-refractivity contribution in [3.05, 3.63) is 71.8 Å². The number of nitrogens with zero attached hydrogens (tertiary/aromatic N) is 2. The van der Waals surface area contributed by atoms with Crippen molar-refractivity contribution in [3.63, 3.8) is 0 Å². The van der Waals surface area contributed by atoms with Crippen molar-refractivity contribution in [1.82, 2.24) is 0 Å². The molecule has 2 bridgehead atoms. The number of quaternary nitrogens is 1. The summed E-state index contributed by atoms with van der Waals surface area (Å²) in [7, 11) is 4.85. The van der Waals surface area contributed by atoms with E-state index < -0.39 is 5.41 Å². The van der Waals surface area contributed by atoms with Crippen LogP contribution in [0.15, 0.2) is 60.7 Å². The summed E-state index contributed by atoms with van der Waals surface area (Å²) in [6.07, 6.45) is 7.51. The van der Waals surface area contributed by atoms with Gasteiger partial charge in [0.2, 0.25) is 0 Å². The largest absolute Gasteiger partial charge is 0.324 e. The Hall–Kier alpha value is -2.11. The van der Waals surface area contributed by atoms with Crippen LogP contribution < -0.4 is 0 Å². The van der Waals surface area contributed by atoms with Gasteiger partial charge < -0.3 is 4.48 Å². The van der Waals surface area contributed by atoms with E-state index in [-0.39, 0.29) is 0 Å². The minimum Gasteiger partial charge on any atom is -0.324 e. The predicted octanol–water partition coefficient (Wildman–Crippen LogP) is 5.29. The summed E-state index contributed by atoms with van der Waals surface area (Å²) in [5.74, 6) is 0.617. The molecule has 0 saturated carbocycles. The first-order valence-electron chi connectivity index (χ1n) is 10.4. The summed E-state index contributed by atoms with van der Waals surface area (Å²) in [5.41, 5.74) is 1.74. The first kappa shape index (κ1) is 18.3. The smallest absolute Gasteiger partial charge is 0.107 e. The molecule has 2 unspecified atom stereocenters. The van der Waals surface area contributed by atoms with Crippen molar-refractivity contribution in [1.29, 1.82) is 5.26 Å². The molecule has 2 aromatic carbocycles. The average Bonchev–Trinajstić information content (AvgIpc) is 2.68. The third-order valence-corrected chi connectivity index (χ3v) is 7.49. The van der Waals surface area contributed by atoms with Gasteiger partial charge in [0.15, 0.2) is 0 Å². The fourth-order valence-electron chi connectivity index (χ4n) is 5.82. The second kappa shape index (κ2) is 7.13. The van der Waals surface area contributed by atoms with E-state index in [9.17, 15) is 5.26 Å². The zero-order valence-corrected chi connectivity index (χ0v) is 16.6. The Bertz CT molecular complexity index is 748. The zero-order chi connectivity index (χ0) is 18.9.